The van der Waals surface area contributed by atoms with Gasteiger partial charge in [-0.1, -0.05) is 12.1 Å². The molecule has 0 bridgehead atoms. The van der Waals surface area contributed by atoms with Crippen LogP contribution >= 0.6 is 0 Å². The van der Waals surface area contributed by atoms with Crippen molar-refractivity contribution in [3.8, 4) is 0 Å². The maximum Gasteiger partial charge on any atom is 0.252 e. The molecule has 0 radical (unpaired) electrons. The predicted octanol–water partition coefficient (Wildman–Crippen LogP) is 2.33. The van der Waals surface area contributed by atoms with Crippen molar-refractivity contribution in [3.63, 3.8) is 0 Å². The Labute approximate surface area is 168 Å². The topological polar surface area (TPSA) is 84.3 Å². The third kappa shape index (κ3) is 4.36. The van der Waals surface area contributed by atoms with E-state index >= 15 is 0 Å². The molecule has 0 aliphatic carbocycles. The van der Waals surface area contributed by atoms with Crippen LogP contribution in [0.1, 0.15) is 27.8 Å². The Morgan fingerprint density at radius 1 is 1.17 bits per heavy atom. The van der Waals surface area contributed by atoms with Gasteiger partial charge < -0.3 is 9.88 Å². The molecule has 1 heterocycles. The Balaban J connectivity index is 1.90. The number of sulfonamides is 1. The normalized spacial score (nSPS) is 12.7. The highest BCUT2D eigenvalue weighted by molar-refractivity contribution is 7.89. The summed E-state index contributed by atoms with van der Waals surface area (Å²) in [7, 11) is 1.07. The highest BCUT2D eigenvalue weighted by Crippen LogP contribution is 2.22. The highest BCUT2D eigenvalue weighted by Gasteiger charge is 2.23. The third-order valence-corrected chi connectivity index (χ3v) is 6.30. The molecule has 1 unspecified atom stereocenters. The number of halogens is 1. The van der Waals surface area contributed by atoms with Crippen LogP contribution in [-0.2, 0) is 17.1 Å². The fourth-order valence-electron chi connectivity index (χ4n) is 2.84. The van der Waals surface area contributed by atoms with Crippen molar-refractivity contribution in [2.24, 2.45) is 7.05 Å². The van der Waals surface area contributed by atoms with Gasteiger partial charge in [0.05, 0.1) is 4.90 Å². The van der Waals surface area contributed by atoms with E-state index in [9.17, 15) is 17.6 Å². The predicted molar refractivity (Wildman–Crippen MR) is 106 cm³/mol. The van der Waals surface area contributed by atoms with Crippen molar-refractivity contribution in [2.45, 2.75) is 10.9 Å². The molecule has 7 nitrogen and oxygen atoms in total. The average Bonchev–Trinajstić information content (AvgIpc) is 3.11. The van der Waals surface area contributed by atoms with Crippen LogP contribution in [0.4, 0.5) is 4.39 Å². The molecule has 1 amide bonds. The molecule has 0 aliphatic rings. The van der Waals surface area contributed by atoms with Gasteiger partial charge in [-0.25, -0.2) is 22.1 Å². The summed E-state index contributed by atoms with van der Waals surface area (Å²) in [6.45, 7) is 0. The zero-order valence-corrected chi connectivity index (χ0v) is 17.0. The van der Waals surface area contributed by atoms with Gasteiger partial charge in [-0.3, -0.25) is 4.79 Å². The first-order chi connectivity index (χ1) is 13.7. The van der Waals surface area contributed by atoms with Gasteiger partial charge in [-0.05, 0) is 42.0 Å². The van der Waals surface area contributed by atoms with E-state index in [0.717, 1.165) is 4.31 Å². The SMILES string of the molecule is CN(C)S(=O)(=O)c1ccc(C(=O)NC(c2cccc(F)c2)c2nccn2C)cc1. The average molecular weight is 416 g/mol. The summed E-state index contributed by atoms with van der Waals surface area (Å²) in [5.74, 6) is -0.318. The van der Waals surface area contributed by atoms with E-state index in [1.807, 2.05) is 0 Å². The number of hydrogen-bond donors (Lipinski definition) is 1. The fourth-order valence-corrected chi connectivity index (χ4v) is 3.74. The van der Waals surface area contributed by atoms with Crippen LogP contribution in [0.15, 0.2) is 65.8 Å². The van der Waals surface area contributed by atoms with E-state index in [0.29, 0.717) is 11.4 Å². The third-order valence-electron chi connectivity index (χ3n) is 4.47. The van der Waals surface area contributed by atoms with Gasteiger partial charge >= 0.3 is 0 Å². The summed E-state index contributed by atoms with van der Waals surface area (Å²) in [4.78, 5) is 17.2. The molecule has 3 aromatic rings. The summed E-state index contributed by atoms with van der Waals surface area (Å²) in [5.41, 5.74) is 0.817. The van der Waals surface area contributed by atoms with Crippen molar-refractivity contribution in [1.29, 1.82) is 0 Å². The minimum atomic E-state index is -3.58. The second-order valence-electron chi connectivity index (χ2n) is 6.67. The van der Waals surface area contributed by atoms with Crippen LogP contribution in [0.3, 0.4) is 0 Å². The van der Waals surface area contributed by atoms with Gasteiger partial charge in [0.25, 0.3) is 5.91 Å². The lowest BCUT2D eigenvalue weighted by Crippen LogP contribution is -2.31. The molecule has 1 N–H and O–H groups in total. The number of rotatable bonds is 6. The smallest absolute Gasteiger partial charge is 0.252 e. The number of hydrogen-bond acceptors (Lipinski definition) is 4. The number of carbonyl (C=O) groups excluding carboxylic acids is 1. The Kier molecular flexibility index (Phi) is 5.81. The summed E-state index contributed by atoms with van der Waals surface area (Å²) < 4.78 is 40.9. The fraction of sp³-hybridized carbons (Fsp3) is 0.200. The molecule has 3 rings (SSSR count). The van der Waals surface area contributed by atoms with E-state index in [-0.39, 0.29) is 10.5 Å². The maximum absolute atomic E-state index is 13.8. The Bertz CT molecular complexity index is 1120. The molecule has 0 aliphatic heterocycles. The van der Waals surface area contributed by atoms with Gasteiger partial charge in [0, 0.05) is 39.1 Å². The monoisotopic (exact) mass is 416 g/mol. The lowest BCUT2D eigenvalue weighted by molar-refractivity contribution is 0.0941. The second kappa shape index (κ2) is 8.14. The summed E-state index contributed by atoms with van der Waals surface area (Å²) in [6, 6.07) is 10.9. The van der Waals surface area contributed by atoms with Crippen molar-refractivity contribution in [1.82, 2.24) is 19.2 Å². The standard InChI is InChI=1S/C20H21FN4O3S/c1-24(2)29(27,28)17-9-7-14(8-10-17)20(26)23-18(19-22-11-12-25(19)3)15-5-4-6-16(21)13-15/h4-13,18H,1-3H3,(H,23,26). The van der Waals surface area contributed by atoms with Crippen LogP contribution in [0, 0.1) is 5.82 Å². The zero-order valence-electron chi connectivity index (χ0n) is 16.2. The number of aromatic nitrogens is 2. The zero-order chi connectivity index (χ0) is 21.2. The van der Waals surface area contributed by atoms with E-state index in [4.69, 9.17) is 0 Å². The number of carbonyl (C=O) groups is 1. The van der Waals surface area contributed by atoms with Crippen molar-refractivity contribution in [3.05, 3.63) is 83.7 Å². The maximum atomic E-state index is 13.8. The van der Waals surface area contributed by atoms with E-state index in [1.54, 1.807) is 36.1 Å². The first-order valence-electron chi connectivity index (χ1n) is 8.76. The Morgan fingerprint density at radius 2 is 1.86 bits per heavy atom. The van der Waals surface area contributed by atoms with Crippen LogP contribution < -0.4 is 5.32 Å². The molecule has 2 aromatic carbocycles. The summed E-state index contributed by atoms with van der Waals surface area (Å²) in [6.07, 6.45) is 3.32. The number of benzene rings is 2. The largest absolute Gasteiger partial charge is 0.338 e. The highest BCUT2D eigenvalue weighted by atomic mass is 32.2. The molecule has 0 fully saturated rings. The molecule has 0 saturated heterocycles. The van der Waals surface area contributed by atoms with E-state index in [1.165, 1.54) is 50.5 Å². The number of aryl methyl sites for hydroxylation is 1. The summed E-state index contributed by atoms with van der Waals surface area (Å²) >= 11 is 0. The molecule has 9 heteroatoms. The van der Waals surface area contributed by atoms with Gasteiger partial charge in [-0.15, -0.1) is 0 Å². The van der Waals surface area contributed by atoms with Crippen LogP contribution in [0.2, 0.25) is 0 Å². The number of nitrogens with one attached hydrogen (secondary N) is 1. The second-order valence-corrected chi connectivity index (χ2v) is 8.82. The van der Waals surface area contributed by atoms with Crippen LogP contribution in [0.25, 0.3) is 0 Å². The van der Waals surface area contributed by atoms with Crippen LogP contribution in [-0.4, -0.2) is 42.3 Å². The minimum Gasteiger partial charge on any atom is -0.338 e. The Hall–Kier alpha value is -3.04. The van der Waals surface area contributed by atoms with Crippen molar-refractivity contribution >= 4 is 15.9 Å². The molecule has 1 aromatic heterocycles. The first kappa shape index (κ1) is 20.7. The van der Waals surface area contributed by atoms with Crippen molar-refractivity contribution < 1.29 is 17.6 Å². The lowest BCUT2D eigenvalue weighted by atomic mass is 10.0. The molecular weight excluding hydrogens is 395 g/mol. The van der Waals surface area contributed by atoms with Gasteiger partial charge in [0.2, 0.25) is 10.0 Å². The van der Waals surface area contributed by atoms with E-state index in [2.05, 4.69) is 10.3 Å². The molecule has 29 heavy (non-hydrogen) atoms. The number of imidazole rings is 1. The molecule has 0 saturated carbocycles. The minimum absolute atomic E-state index is 0.0878. The molecule has 1 atom stereocenters. The van der Waals surface area contributed by atoms with Gasteiger partial charge in [-0.2, -0.15) is 0 Å². The molecule has 0 spiro atoms. The lowest BCUT2D eigenvalue weighted by Gasteiger charge is -2.19. The number of nitrogens with zero attached hydrogens (tertiary/aromatic N) is 3. The molecule has 152 valence electrons. The van der Waals surface area contributed by atoms with Gasteiger partial charge in [0.1, 0.15) is 17.7 Å². The van der Waals surface area contributed by atoms with Crippen LogP contribution in [0.5, 0.6) is 0 Å². The van der Waals surface area contributed by atoms with E-state index < -0.39 is 27.8 Å². The Morgan fingerprint density at radius 3 is 2.41 bits per heavy atom. The van der Waals surface area contributed by atoms with Gasteiger partial charge in [0.15, 0.2) is 0 Å². The quantitative estimate of drug-likeness (QED) is 0.669. The number of amides is 1. The first-order valence-corrected chi connectivity index (χ1v) is 10.2. The summed E-state index contributed by atoms with van der Waals surface area (Å²) in [5, 5.41) is 2.85. The van der Waals surface area contributed by atoms with Crippen molar-refractivity contribution in [2.75, 3.05) is 14.1 Å². The molecular formula is C20H21FN4O3S.